The fraction of sp³-hybridized carbons (Fsp3) is 0.812. The molecule has 1 fully saturated rings. The zero-order valence-electron chi connectivity index (χ0n) is 12.9. The monoisotopic (exact) mass is 263 g/mol. The number of aromatic nitrogens is 2. The summed E-state index contributed by atoms with van der Waals surface area (Å²) in [6.45, 7) is 7.94. The smallest absolute Gasteiger partial charge is 0.108 e. The maximum absolute atomic E-state index is 4.43. The number of nitrogens with one attached hydrogen (secondary N) is 1. The van der Waals surface area contributed by atoms with Crippen molar-refractivity contribution in [3.05, 3.63) is 18.2 Å². The van der Waals surface area contributed by atoms with Crippen molar-refractivity contribution in [3.8, 4) is 0 Å². The maximum atomic E-state index is 4.43. The minimum atomic E-state index is 0.243. The average molecular weight is 263 g/mol. The Hall–Kier alpha value is -0.830. The summed E-state index contributed by atoms with van der Waals surface area (Å²) in [6, 6.07) is 0. The van der Waals surface area contributed by atoms with Crippen molar-refractivity contribution in [3.63, 3.8) is 0 Å². The van der Waals surface area contributed by atoms with Crippen LogP contribution in [0.1, 0.15) is 52.3 Å². The molecule has 0 bridgehead atoms. The van der Waals surface area contributed by atoms with Crippen molar-refractivity contribution >= 4 is 0 Å². The topological polar surface area (TPSA) is 29.9 Å². The van der Waals surface area contributed by atoms with Crippen molar-refractivity contribution in [2.24, 2.45) is 18.9 Å². The summed E-state index contributed by atoms with van der Waals surface area (Å²) in [4.78, 5) is 4.43. The molecule has 2 rings (SSSR count). The molecule has 1 aromatic rings. The molecule has 0 saturated heterocycles. The highest BCUT2D eigenvalue weighted by Crippen LogP contribution is 2.34. The summed E-state index contributed by atoms with van der Waals surface area (Å²) in [5.41, 5.74) is 0.243. The molecule has 0 aliphatic heterocycles. The van der Waals surface area contributed by atoms with Crippen LogP contribution in [0, 0.1) is 11.8 Å². The summed E-state index contributed by atoms with van der Waals surface area (Å²) in [5, 5.41) is 3.68. The Morgan fingerprint density at radius 1 is 1.32 bits per heavy atom. The third-order valence-electron chi connectivity index (χ3n) is 4.37. The fourth-order valence-corrected chi connectivity index (χ4v) is 3.15. The molecule has 1 aromatic heterocycles. The molecule has 3 nitrogen and oxygen atoms in total. The van der Waals surface area contributed by atoms with E-state index in [-0.39, 0.29) is 5.54 Å². The van der Waals surface area contributed by atoms with Crippen LogP contribution in [0.25, 0.3) is 0 Å². The SMILES string of the molecule is Cn1ccnc1CCC1CCCC1CNC(C)(C)C. The van der Waals surface area contributed by atoms with Gasteiger partial charge in [0.2, 0.25) is 0 Å². The highest BCUT2D eigenvalue weighted by molar-refractivity contribution is 4.93. The van der Waals surface area contributed by atoms with Crippen LogP contribution < -0.4 is 5.32 Å². The van der Waals surface area contributed by atoms with E-state index in [1.165, 1.54) is 38.1 Å². The van der Waals surface area contributed by atoms with Gasteiger partial charge >= 0.3 is 0 Å². The van der Waals surface area contributed by atoms with Crippen LogP contribution in [0.3, 0.4) is 0 Å². The Morgan fingerprint density at radius 2 is 2.05 bits per heavy atom. The van der Waals surface area contributed by atoms with Crippen LogP contribution in [0.2, 0.25) is 0 Å². The lowest BCUT2D eigenvalue weighted by Gasteiger charge is -2.26. The highest BCUT2D eigenvalue weighted by Gasteiger charge is 2.28. The second-order valence-electron chi connectivity index (χ2n) is 7.08. The fourth-order valence-electron chi connectivity index (χ4n) is 3.15. The van der Waals surface area contributed by atoms with Crippen molar-refractivity contribution < 1.29 is 0 Å². The van der Waals surface area contributed by atoms with E-state index in [0.717, 1.165) is 18.3 Å². The van der Waals surface area contributed by atoms with Crippen LogP contribution in [-0.2, 0) is 13.5 Å². The lowest BCUT2D eigenvalue weighted by Crippen LogP contribution is -2.39. The van der Waals surface area contributed by atoms with Gasteiger partial charge in [-0.25, -0.2) is 4.98 Å². The van der Waals surface area contributed by atoms with Gasteiger partial charge in [0.05, 0.1) is 0 Å². The van der Waals surface area contributed by atoms with Gasteiger partial charge in [0.15, 0.2) is 0 Å². The molecular weight excluding hydrogens is 234 g/mol. The zero-order chi connectivity index (χ0) is 13.9. The van der Waals surface area contributed by atoms with E-state index >= 15 is 0 Å². The summed E-state index contributed by atoms with van der Waals surface area (Å²) >= 11 is 0. The molecule has 1 heterocycles. The Morgan fingerprint density at radius 3 is 2.68 bits per heavy atom. The van der Waals surface area contributed by atoms with E-state index in [1.54, 1.807) is 0 Å². The Bertz CT molecular complexity index is 389. The molecule has 0 amide bonds. The number of aryl methyl sites for hydroxylation is 2. The van der Waals surface area contributed by atoms with Gasteiger partial charge in [-0.3, -0.25) is 0 Å². The number of hydrogen-bond donors (Lipinski definition) is 1. The third kappa shape index (κ3) is 4.34. The predicted molar refractivity (Wildman–Crippen MR) is 80.1 cm³/mol. The van der Waals surface area contributed by atoms with E-state index in [1.807, 2.05) is 12.4 Å². The minimum absolute atomic E-state index is 0.243. The predicted octanol–water partition coefficient (Wildman–Crippen LogP) is 3.16. The Balaban J connectivity index is 1.80. The summed E-state index contributed by atoms with van der Waals surface area (Å²) in [6.07, 6.45) is 10.6. The van der Waals surface area contributed by atoms with E-state index in [0.29, 0.717) is 0 Å². The van der Waals surface area contributed by atoms with E-state index in [2.05, 4.69) is 42.7 Å². The first-order valence-electron chi connectivity index (χ1n) is 7.67. The Kier molecular flexibility index (Phi) is 4.67. The van der Waals surface area contributed by atoms with Crippen molar-refractivity contribution in [1.29, 1.82) is 0 Å². The molecule has 19 heavy (non-hydrogen) atoms. The van der Waals surface area contributed by atoms with Gasteiger partial charge < -0.3 is 9.88 Å². The second kappa shape index (κ2) is 6.08. The molecule has 1 aliphatic rings. The van der Waals surface area contributed by atoms with E-state index in [9.17, 15) is 0 Å². The number of imidazole rings is 1. The summed E-state index contributed by atoms with van der Waals surface area (Å²) in [5.74, 6) is 2.97. The second-order valence-corrected chi connectivity index (χ2v) is 7.08. The van der Waals surface area contributed by atoms with Crippen molar-refractivity contribution in [2.75, 3.05) is 6.54 Å². The highest BCUT2D eigenvalue weighted by atomic mass is 15.0. The number of hydrogen-bond acceptors (Lipinski definition) is 2. The van der Waals surface area contributed by atoms with Gasteiger partial charge in [-0.1, -0.05) is 12.8 Å². The number of nitrogens with zero attached hydrogens (tertiary/aromatic N) is 2. The van der Waals surface area contributed by atoms with Crippen LogP contribution >= 0.6 is 0 Å². The zero-order valence-corrected chi connectivity index (χ0v) is 12.9. The first-order valence-corrected chi connectivity index (χ1v) is 7.67. The van der Waals surface area contributed by atoms with Gasteiger partial charge in [0, 0.05) is 31.4 Å². The van der Waals surface area contributed by atoms with Crippen LogP contribution in [0.4, 0.5) is 0 Å². The van der Waals surface area contributed by atoms with Crippen LogP contribution in [-0.4, -0.2) is 21.6 Å². The van der Waals surface area contributed by atoms with Crippen molar-refractivity contribution in [2.45, 2.75) is 58.4 Å². The van der Waals surface area contributed by atoms with Gasteiger partial charge in [-0.05, 0) is 52.0 Å². The standard InChI is InChI=1S/C16H29N3/c1-16(2,3)18-12-14-7-5-6-13(14)8-9-15-17-10-11-19(15)4/h10-11,13-14,18H,5-9,12H2,1-4H3. The average Bonchev–Trinajstić information content (AvgIpc) is 2.91. The third-order valence-corrected chi connectivity index (χ3v) is 4.37. The van der Waals surface area contributed by atoms with Crippen LogP contribution in [0.5, 0.6) is 0 Å². The van der Waals surface area contributed by atoms with Crippen LogP contribution in [0.15, 0.2) is 12.4 Å². The first-order chi connectivity index (χ1) is 8.96. The molecule has 0 spiro atoms. The molecule has 1 aliphatic carbocycles. The first kappa shape index (κ1) is 14.6. The molecular formula is C16H29N3. The largest absolute Gasteiger partial charge is 0.338 e. The van der Waals surface area contributed by atoms with Gasteiger partial charge in [-0.15, -0.1) is 0 Å². The molecule has 0 aromatic carbocycles. The number of rotatable bonds is 5. The lowest BCUT2D eigenvalue weighted by molar-refractivity contribution is 0.305. The van der Waals surface area contributed by atoms with Gasteiger partial charge in [-0.2, -0.15) is 0 Å². The molecule has 2 atom stereocenters. The lowest BCUT2D eigenvalue weighted by atomic mass is 9.90. The molecule has 108 valence electrons. The minimum Gasteiger partial charge on any atom is -0.338 e. The normalized spacial score (nSPS) is 24.0. The molecule has 0 radical (unpaired) electrons. The summed E-state index contributed by atoms with van der Waals surface area (Å²) in [7, 11) is 2.09. The Labute approximate surface area is 117 Å². The van der Waals surface area contributed by atoms with E-state index < -0.39 is 0 Å². The molecule has 2 unspecified atom stereocenters. The summed E-state index contributed by atoms with van der Waals surface area (Å²) < 4.78 is 2.15. The maximum Gasteiger partial charge on any atom is 0.108 e. The molecule has 1 N–H and O–H groups in total. The van der Waals surface area contributed by atoms with Gasteiger partial charge in [0.1, 0.15) is 5.82 Å². The quantitative estimate of drug-likeness (QED) is 0.884. The molecule has 1 saturated carbocycles. The van der Waals surface area contributed by atoms with E-state index in [4.69, 9.17) is 0 Å². The van der Waals surface area contributed by atoms with Gasteiger partial charge in [0.25, 0.3) is 0 Å². The molecule has 3 heteroatoms. The van der Waals surface area contributed by atoms with Crippen molar-refractivity contribution in [1.82, 2.24) is 14.9 Å².